The molecule has 0 saturated carbocycles. The molecule has 1 N–H and O–H groups in total. The Labute approximate surface area is 265 Å². The number of imide groups is 1. The average molecular weight is 620 g/mol. The minimum absolute atomic E-state index is 0.174. The van der Waals surface area contributed by atoms with Crippen LogP contribution in [0.2, 0.25) is 0 Å². The van der Waals surface area contributed by atoms with Crippen LogP contribution in [-0.4, -0.2) is 36.3 Å². The van der Waals surface area contributed by atoms with Crippen molar-refractivity contribution in [1.82, 2.24) is 5.06 Å². The van der Waals surface area contributed by atoms with Gasteiger partial charge in [-0.05, 0) is 53.1 Å². The van der Waals surface area contributed by atoms with E-state index in [0.29, 0.717) is 17.1 Å². The van der Waals surface area contributed by atoms with E-state index in [1.807, 2.05) is 54.6 Å². The van der Waals surface area contributed by atoms with Crippen LogP contribution in [0.1, 0.15) is 49.2 Å². The van der Waals surface area contributed by atoms with E-state index in [0.717, 1.165) is 26.7 Å². The first kappa shape index (κ1) is 30.2. The second kappa shape index (κ2) is 13.4. The third-order valence-corrected chi connectivity index (χ3v) is 7.47. The summed E-state index contributed by atoms with van der Waals surface area (Å²) in [7, 11) is 3.20. The van der Waals surface area contributed by atoms with E-state index < -0.39 is 17.9 Å². The smallest absolute Gasteiger partial charge is 0.285 e. The Morgan fingerprint density at radius 1 is 0.674 bits per heavy atom. The molecule has 46 heavy (non-hydrogen) atoms. The lowest BCUT2D eigenvalue weighted by Crippen LogP contribution is -2.40. The van der Waals surface area contributed by atoms with Crippen LogP contribution < -0.4 is 23.7 Å². The van der Waals surface area contributed by atoms with Crippen molar-refractivity contribution in [2.75, 3.05) is 14.2 Å². The number of ether oxygens (including phenoxy) is 4. The Balaban J connectivity index is 1.35. The zero-order chi connectivity index (χ0) is 32.0. The molecule has 1 atom stereocenters. The van der Waals surface area contributed by atoms with E-state index in [4.69, 9.17) is 23.8 Å². The zero-order valence-electron chi connectivity index (χ0n) is 25.2. The quantitative estimate of drug-likeness (QED) is 0.108. The third kappa shape index (κ3) is 6.33. The summed E-state index contributed by atoms with van der Waals surface area (Å²) in [5.74, 6) is 0.795. The van der Waals surface area contributed by atoms with Crippen molar-refractivity contribution in [2.24, 2.45) is 0 Å². The Bertz CT molecular complexity index is 1810. The monoisotopic (exact) mass is 619 g/mol. The molecule has 0 saturated heterocycles. The van der Waals surface area contributed by atoms with Crippen molar-refractivity contribution in [2.45, 2.75) is 19.3 Å². The Morgan fingerprint density at radius 3 is 1.70 bits per heavy atom. The van der Waals surface area contributed by atoms with Gasteiger partial charge in [0, 0.05) is 4.73 Å². The molecule has 0 aliphatic carbocycles. The second-order valence-corrected chi connectivity index (χ2v) is 10.4. The summed E-state index contributed by atoms with van der Waals surface area (Å²) in [5.41, 5.74) is 2.97. The lowest BCUT2D eigenvalue weighted by Gasteiger charge is -2.21. The minimum Gasteiger partial charge on any atom is -0.497 e. The van der Waals surface area contributed by atoms with Crippen LogP contribution in [0.5, 0.6) is 23.0 Å². The molecular weight excluding hydrogens is 588 g/mol. The van der Waals surface area contributed by atoms with Crippen molar-refractivity contribution in [3.05, 3.63) is 149 Å². The van der Waals surface area contributed by atoms with Crippen molar-refractivity contribution in [1.29, 1.82) is 0 Å². The summed E-state index contributed by atoms with van der Waals surface area (Å²) in [5, 5.41) is 12.0. The molecule has 0 fully saturated rings. The molecular formula is C36H31N2O8+. The fourth-order valence-electron chi connectivity index (χ4n) is 4.99. The summed E-state index contributed by atoms with van der Waals surface area (Å²) in [6.45, 7) is 0.350. The summed E-state index contributed by atoms with van der Waals surface area (Å²) < 4.78 is 23.7. The molecule has 10 nitrogen and oxygen atoms in total. The maximum atomic E-state index is 13.2. The average Bonchev–Trinajstić information content (AvgIpc) is 3.34. The number of fused-ring (bicyclic) bond motifs is 1. The molecule has 0 bridgehead atoms. The number of rotatable bonds is 12. The predicted molar refractivity (Wildman–Crippen MR) is 165 cm³/mol. The van der Waals surface area contributed by atoms with Gasteiger partial charge >= 0.3 is 0 Å². The molecule has 1 aliphatic heterocycles. The number of methoxy groups -OCH3 is 2. The Morgan fingerprint density at radius 2 is 1.17 bits per heavy atom. The summed E-state index contributed by atoms with van der Waals surface area (Å²) in [4.78, 5) is 32.6. The zero-order valence-corrected chi connectivity index (χ0v) is 25.2. The summed E-state index contributed by atoms with van der Waals surface area (Å²) >= 11 is 0. The molecule has 0 spiro atoms. The van der Waals surface area contributed by atoms with E-state index in [9.17, 15) is 14.8 Å². The van der Waals surface area contributed by atoms with E-state index in [1.165, 1.54) is 6.20 Å². The van der Waals surface area contributed by atoms with E-state index in [1.54, 1.807) is 68.8 Å². The van der Waals surface area contributed by atoms with Crippen LogP contribution in [0.3, 0.4) is 0 Å². The van der Waals surface area contributed by atoms with E-state index in [2.05, 4.69) is 0 Å². The number of hydrogen-bond acceptors (Lipinski definition) is 8. The van der Waals surface area contributed by atoms with Crippen LogP contribution >= 0.6 is 0 Å². The second-order valence-electron chi connectivity index (χ2n) is 10.4. The first-order valence-electron chi connectivity index (χ1n) is 14.4. The van der Waals surface area contributed by atoms with Crippen LogP contribution in [0, 0.1) is 0 Å². The number of benzene rings is 4. The number of carbonyl (C=O) groups excluding carboxylic acids is 2. The molecule has 5 aromatic rings. The van der Waals surface area contributed by atoms with Crippen LogP contribution in [0.15, 0.2) is 115 Å². The highest BCUT2D eigenvalue weighted by Crippen LogP contribution is 2.35. The van der Waals surface area contributed by atoms with Gasteiger partial charge in [0.1, 0.15) is 24.7 Å². The van der Waals surface area contributed by atoms with E-state index in [-0.39, 0.29) is 35.8 Å². The normalized spacial score (nSPS) is 12.9. The van der Waals surface area contributed by atoms with Crippen LogP contribution in [-0.2, 0) is 18.1 Å². The van der Waals surface area contributed by atoms with Crippen molar-refractivity contribution < 1.29 is 43.3 Å². The van der Waals surface area contributed by atoms with Crippen molar-refractivity contribution in [3.63, 3.8) is 0 Å². The fraction of sp³-hybridized carbons (Fsp3) is 0.139. The van der Waals surface area contributed by atoms with Gasteiger partial charge in [-0.2, -0.15) is 0 Å². The molecule has 6 rings (SSSR count). The third-order valence-electron chi connectivity index (χ3n) is 7.47. The number of carbonyl (C=O) groups is 2. The van der Waals surface area contributed by atoms with Gasteiger partial charge in [0.25, 0.3) is 23.7 Å². The highest BCUT2D eigenvalue weighted by molar-refractivity contribution is 6.20. The molecule has 1 aliphatic rings. The topological polar surface area (TPSA) is 108 Å². The predicted octanol–water partition coefficient (Wildman–Crippen LogP) is 5.70. The van der Waals surface area contributed by atoms with Gasteiger partial charge < -0.3 is 18.9 Å². The van der Waals surface area contributed by atoms with Crippen LogP contribution in [0.4, 0.5) is 0 Å². The van der Waals surface area contributed by atoms with Gasteiger partial charge in [-0.3, -0.25) is 14.8 Å². The van der Waals surface area contributed by atoms with Crippen LogP contribution in [0.25, 0.3) is 0 Å². The van der Waals surface area contributed by atoms with Crippen molar-refractivity contribution >= 4 is 11.8 Å². The number of nitrogens with zero attached hydrogens (tertiary/aromatic N) is 2. The molecule has 10 heteroatoms. The van der Waals surface area contributed by atoms with Gasteiger partial charge in [-0.25, -0.2) is 4.84 Å². The maximum absolute atomic E-state index is 13.2. The number of amides is 2. The molecule has 2 amide bonds. The van der Waals surface area contributed by atoms with Gasteiger partial charge in [-0.15, -0.1) is 5.06 Å². The maximum Gasteiger partial charge on any atom is 0.285 e. The first-order valence-corrected chi connectivity index (χ1v) is 14.4. The Hall–Kier alpha value is -5.87. The van der Waals surface area contributed by atoms with Crippen molar-refractivity contribution in [3.8, 4) is 23.0 Å². The number of aromatic nitrogens is 1. The molecule has 0 radical (unpaired) electrons. The SMILES string of the molecule is COc1ccc(COc2cc(C(ON3C(=O)c4ccccc4C3=O)c3ccccc3)[n+](O)cc2OCc2ccc(OC)cc2)cc1. The van der Waals surface area contributed by atoms with Gasteiger partial charge in [-0.1, -0.05) is 66.7 Å². The van der Waals surface area contributed by atoms with Gasteiger partial charge in [0.2, 0.25) is 11.9 Å². The summed E-state index contributed by atoms with van der Waals surface area (Å²) in [6.07, 6.45) is 0.275. The fourth-order valence-corrected chi connectivity index (χ4v) is 4.99. The van der Waals surface area contributed by atoms with Gasteiger partial charge in [0.15, 0.2) is 5.75 Å². The first-order chi connectivity index (χ1) is 22.4. The number of pyridine rings is 1. The standard InChI is InChI=1S/C36H31N2O8/c1-42-27-16-12-24(13-17-27)22-44-32-20-31(37(41)21-33(32)45-23-25-14-18-28(43-2)19-15-25)34(26-8-4-3-5-9-26)46-38-35(39)29-10-6-7-11-30(29)36(38)40/h3-21,34,41H,22-23H2,1-2H3/q+1. The van der Waals surface area contributed by atoms with E-state index >= 15 is 0 Å². The molecule has 232 valence electrons. The summed E-state index contributed by atoms with van der Waals surface area (Å²) in [6, 6.07) is 31.9. The molecule has 2 heterocycles. The number of hydrogen-bond donors (Lipinski definition) is 1. The highest BCUT2D eigenvalue weighted by atomic mass is 16.7. The molecule has 4 aromatic carbocycles. The highest BCUT2D eigenvalue weighted by Gasteiger charge is 2.41. The van der Waals surface area contributed by atoms with Gasteiger partial charge in [0.05, 0.1) is 31.4 Å². The lowest BCUT2D eigenvalue weighted by molar-refractivity contribution is -0.911. The molecule has 1 unspecified atom stereocenters. The lowest BCUT2D eigenvalue weighted by atomic mass is 10.1. The minimum atomic E-state index is -1.09. The number of hydroxylamine groups is 2. The Kier molecular flexibility index (Phi) is 8.80. The molecule has 1 aromatic heterocycles. The largest absolute Gasteiger partial charge is 0.497 e.